The molecule has 2 bridgehead atoms. The van der Waals surface area contributed by atoms with E-state index in [0.29, 0.717) is 12.4 Å². The number of carbonyl (C=O) groups is 1. The topological polar surface area (TPSA) is 92.9 Å². The number of hydrogen-bond acceptors (Lipinski definition) is 7. The summed E-state index contributed by atoms with van der Waals surface area (Å²) in [5, 5.41) is 12.6. The molecule has 1 aromatic carbocycles. The fourth-order valence-corrected chi connectivity index (χ4v) is 3.47. The fourth-order valence-electron chi connectivity index (χ4n) is 3.47. The number of hydrogen-bond donors (Lipinski definition) is 1. The molecule has 7 nitrogen and oxygen atoms in total. The van der Waals surface area contributed by atoms with E-state index in [1.54, 1.807) is 0 Å². The van der Waals surface area contributed by atoms with Gasteiger partial charge in [-0.25, -0.2) is 4.99 Å². The van der Waals surface area contributed by atoms with Gasteiger partial charge in [0, 0.05) is 19.0 Å². The Bertz CT molecular complexity index is 714. The van der Waals surface area contributed by atoms with Crippen LogP contribution < -0.4 is 5.32 Å². The summed E-state index contributed by atoms with van der Waals surface area (Å²) in [6.45, 7) is 1.29. The van der Waals surface area contributed by atoms with Gasteiger partial charge in [0.15, 0.2) is 12.2 Å². The zero-order valence-corrected chi connectivity index (χ0v) is 12.4. The molecule has 2 fully saturated rings. The molecule has 7 heteroatoms. The highest BCUT2D eigenvalue weighted by atomic mass is 16.6. The Balaban J connectivity index is 1.53. The second-order valence-electron chi connectivity index (χ2n) is 5.89. The van der Waals surface area contributed by atoms with Crippen molar-refractivity contribution < 1.29 is 19.0 Å². The van der Waals surface area contributed by atoms with Crippen LogP contribution in [0.4, 0.5) is 5.69 Å². The highest BCUT2D eigenvalue weighted by Gasteiger charge is 2.68. The third kappa shape index (κ3) is 2.14. The Labute approximate surface area is 132 Å². The van der Waals surface area contributed by atoms with Gasteiger partial charge in [0.05, 0.1) is 6.10 Å². The van der Waals surface area contributed by atoms with E-state index < -0.39 is 23.8 Å². The lowest BCUT2D eigenvalue weighted by Gasteiger charge is -2.32. The summed E-state index contributed by atoms with van der Waals surface area (Å²) in [5.74, 6) is -0.499. The molecule has 23 heavy (non-hydrogen) atoms. The van der Waals surface area contributed by atoms with E-state index in [1.165, 1.54) is 6.92 Å². The number of anilines is 1. The van der Waals surface area contributed by atoms with E-state index in [0.717, 1.165) is 5.69 Å². The first kappa shape index (κ1) is 14.0. The maximum absolute atomic E-state index is 11.3. The summed E-state index contributed by atoms with van der Waals surface area (Å²) < 4.78 is 16.9. The molecular weight excluding hydrogens is 298 g/mol. The summed E-state index contributed by atoms with van der Waals surface area (Å²) in [7, 11) is 0. The van der Waals surface area contributed by atoms with Crippen molar-refractivity contribution in [1.29, 1.82) is 5.26 Å². The maximum atomic E-state index is 11.3. The minimum Gasteiger partial charge on any atom is -0.456 e. The number of benzene rings is 1. The number of nitrogens with one attached hydrogen (secondary N) is 1. The van der Waals surface area contributed by atoms with Crippen LogP contribution in [0.3, 0.4) is 0 Å². The lowest BCUT2D eigenvalue weighted by Crippen LogP contribution is -2.53. The molecule has 0 aromatic heterocycles. The van der Waals surface area contributed by atoms with E-state index in [-0.39, 0.29) is 12.1 Å². The van der Waals surface area contributed by atoms with Crippen LogP contribution in [-0.4, -0.2) is 41.9 Å². The number of carbonyl (C=O) groups excluding carboxylic acids is 1. The van der Waals surface area contributed by atoms with Gasteiger partial charge < -0.3 is 19.5 Å². The summed E-state index contributed by atoms with van der Waals surface area (Å²) >= 11 is 0. The Kier molecular flexibility index (Phi) is 3.03. The number of ether oxygens (including phenoxy) is 3. The maximum Gasteiger partial charge on any atom is 0.304 e. The fraction of sp³-hybridized carbons (Fsp3) is 0.438. The van der Waals surface area contributed by atoms with E-state index in [4.69, 9.17) is 14.2 Å². The van der Waals surface area contributed by atoms with Crippen molar-refractivity contribution in [2.75, 3.05) is 5.32 Å². The number of para-hydroxylation sites is 1. The predicted octanol–water partition coefficient (Wildman–Crippen LogP) is 1.22. The largest absolute Gasteiger partial charge is 0.456 e. The summed E-state index contributed by atoms with van der Waals surface area (Å²) in [5.41, 5.74) is -0.416. The average molecular weight is 313 g/mol. The van der Waals surface area contributed by atoms with Crippen LogP contribution in [0.1, 0.15) is 13.3 Å². The molecule has 0 radical (unpaired) electrons. The second kappa shape index (κ2) is 4.96. The number of amidine groups is 1. The van der Waals surface area contributed by atoms with Crippen molar-refractivity contribution in [3.8, 4) is 6.07 Å². The van der Waals surface area contributed by atoms with Crippen molar-refractivity contribution in [1.82, 2.24) is 0 Å². The smallest absolute Gasteiger partial charge is 0.304 e. The molecule has 0 spiro atoms. The van der Waals surface area contributed by atoms with Crippen molar-refractivity contribution in [3.05, 3.63) is 30.3 Å². The van der Waals surface area contributed by atoms with Crippen LogP contribution in [0.5, 0.6) is 0 Å². The Hall–Kier alpha value is -2.59. The Morgan fingerprint density at radius 1 is 1.48 bits per heavy atom. The summed E-state index contributed by atoms with van der Waals surface area (Å²) in [4.78, 5) is 15.8. The zero-order chi connectivity index (χ0) is 16.0. The SMILES string of the molecule is CC(=O)O[C@@]1(C#N)C[C@@H]2O[C@H]1[C@H]1OC(Nc3ccccc3)=N[C@H]12. The van der Waals surface area contributed by atoms with Crippen LogP contribution in [0.15, 0.2) is 35.3 Å². The van der Waals surface area contributed by atoms with Crippen molar-refractivity contribution in [2.24, 2.45) is 4.99 Å². The molecule has 1 N–H and O–H groups in total. The molecule has 2 saturated heterocycles. The number of nitriles is 1. The van der Waals surface area contributed by atoms with Crippen LogP contribution in [0, 0.1) is 11.3 Å². The van der Waals surface area contributed by atoms with Gasteiger partial charge in [0.1, 0.15) is 12.1 Å². The van der Waals surface area contributed by atoms with Crippen LogP contribution in [0.25, 0.3) is 0 Å². The van der Waals surface area contributed by atoms with E-state index in [1.807, 2.05) is 30.3 Å². The highest BCUT2D eigenvalue weighted by molar-refractivity contribution is 5.90. The first-order valence-corrected chi connectivity index (χ1v) is 7.44. The molecule has 3 aliphatic rings. The first-order valence-electron chi connectivity index (χ1n) is 7.44. The molecule has 1 aromatic rings. The highest BCUT2D eigenvalue weighted by Crippen LogP contribution is 2.48. The second-order valence-corrected chi connectivity index (χ2v) is 5.89. The number of nitrogens with zero attached hydrogens (tertiary/aromatic N) is 2. The first-order chi connectivity index (χ1) is 11.1. The molecule has 3 heterocycles. The zero-order valence-electron chi connectivity index (χ0n) is 12.4. The lowest BCUT2D eigenvalue weighted by molar-refractivity contribution is -0.158. The molecule has 0 aliphatic carbocycles. The minimum atomic E-state index is -1.28. The van der Waals surface area contributed by atoms with Crippen LogP contribution >= 0.6 is 0 Å². The number of aliphatic imine (C=N–C) groups is 1. The molecule has 4 rings (SSSR count). The molecular formula is C16H15N3O4. The molecule has 5 atom stereocenters. The van der Waals surface area contributed by atoms with Gasteiger partial charge in [-0.1, -0.05) is 18.2 Å². The normalized spacial score (nSPS) is 36.6. The predicted molar refractivity (Wildman–Crippen MR) is 79.5 cm³/mol. The third-order valence-corrected chi connectivity index (χ3v) is 4.36. The quantitative estimate of drug-likeness (QED) is 0.825. The molecule has 0 unspecified atom stereocenters. The Morgan fingerprint density at radius 3 is 2.96 bits per heavy atom. The molecule has 0 saturated carbocycles. The van der Waals surface area contributed by atoms with Gasteiger partial charge in [0.2, 0.25) is 5.60 Å². The number of rotatable bonds is 2. The van der Waals surface area contributed by atoms with Crippen molar-refractivity contribution in [3.63, 3.8) is 0 Å². The van der Waals surface area contributed by atoms with Crippen LogP contribution in [-0.2, 0) is 19.0 Å². The van der Waals surface area contributed by atoms with E-state index >= 15 is 0 Å². The van der Waals surface area contributed by atoms with E-state index in [2.05, 4.69) is 16.4 Å². The van der Waals surface area contributed by atoms with E-state index in [9.17, 15) is 10.1 Å². The lowest BCUT2D eigenvalue weighted by atomic mass is 9.81. The van der Waals surface area contributed by atoms with Crippen molar-refractivity contribution in [2.45, 2.75) is 43.3 Å². The average Bonchev–Trinajstić information content (AvgIpc) is 3.17. The number of fused-ring (bicyclic) bond motifs is 5. The number of esters is 1. The Morgan fingerprint density at radius 2 is 2.26 bits per heavy atom. The monoisotopic (exact) mass is 313 g/mol. The molecule has 118 valence electrons. The van der Waals surface area contributed by atoms with Gasteiger partial charge in [-0.15, -0.1) is 0 Å². The summed E-state index contributed by atoms with van der Waals surface area (Å²) in [6.07, 6.45) is -0.997. The third-order valence-electron chi connectivity index (χ3n) is 4.36. The van der Waals surface area contributed by atoms with Gasteiger partial charge >= 0.3 is 5.97 Å². The van der Waals surface area contributed by atoms with Gasteiger partial charge in [-0.2, -0.15) is 5.26 Å². The van der Waals surface area contributed by atoms with Gasteiger partial charge in [0.25, 0.3) is 6.02 Å². The molecule has 0 amide bonds. The van der Waals surface area contributed by atoms with Gasteiger partial charge in [-0.05, 0) is 12.1 Å². The van der Waals surface area contributed by atoms with Crippen LogP contribution in [0.2, 0.25) is 0 Å². The standard InChI is InChI=1S/C16H15N3O4/c1-9(20)23-16(8-17)7-11-12-13(14(16)21-11)22-15(19-12)18-10-5-3-2-4-6-10/h2-6,11-14H,7H2,1H3,(H,18,19)/t11-,12-,13-,14-,16+/m0/s1. The van der Waals surface area contributed by atoms with Crippen molar-refractivity contribution >= 4 is 17.7 Å². The molecule has 3 aliphatic heterocycles. The minimum absolute atomic E-state index is 0.178. The summed E-state index contributed by atoms with van der Waals surface area (Å²) in [6, 6.07) is 11.9. The van der Waals surface area contributed by atoms with Gasteiger partial charge in [-0.3, -0.25) is 4.79 Å².